The third kappa shape index (κ3) is 2.77. The number of nitrogens with zero attached hydrogens (tertiary/aromatic N) is 1. The van der Waals surface area contributed by atoms with Gasteiger partial charge in [-0.2, -0.15) is 0 Å². The van der Waals surface area contributed by atoms with Crippen LogP contribution in [0.25, 0.3) is 0 Å². The molecule has 0 aromatic heterocycles. The summed E-state index contributed by atoms with van der Waals surface area (Å²) in [7, 11) is 0. The monoisotopic (exact) mass is 295 g/mol. The predicted octanol–water partition coefficient (Wildman–Crippen LogP) is 3.18. The number of halogens is 1. The predicted molar refractivity (Wildman–Crippen MR) is 79.8 cm³/mol. The van der Waals surface area contributed by atoms with Crippen LogP contribution in [0.5, 0.6) is 0 Å². The van der Waals surface area contributed by atoms with E-state index in [1.807, 2.05) is 11.0 Å². The maximum absolute atomic E-state index is 12.5. The normalized spacial score (nSPS) is 23.4. The first kappa shape index (κ1) is 13.3. The highest BCUT2D eigenvalue weighted by atomic mass is 35.5. The lowest BCUT2D eigenvalue weighted by Crippen LogP contribution is -2.43. The highest BCUT2D eigenvalue weighted by Gasteiger charge is 2.32. The summed E-state index contributed by atoms with van der Waals surface area (Å²) in [4.78, 5) is 15.8. The summed E-state index contributed by atoms with van der Waals surface area (Å²) >= 11 is 7.62. The summed E-state index contributed by atoms with van der Waals surface area (Å²) in [5.41, 5.74) is 1.32. The summed E-state index contributed by atoms with van der Waals surface area (Å²) in [5.74, 6) is 1.64. The van der Waals surface area contributed by atoms with Gasteiger partial charge in [0, 0.05) is 23.9 Å². The highest BCUT2D eigenvalue weighted by molar-refractivity contribution is 8.01. The van der Waals surface area contributed by atoms with Crippen LogP contribution in [0.2, 0.25) is 0 Å². The SMILES string of the molecule is O=C(C1Cc2ccccc2S1)N1CCC(CCl)CC1. The number of carbonyl (C=O) groups excluding carboxylic acids is 1. The van der Waals surface area contributed by atoms with Gasteiger partial charge in [0.25, 0.3) is 0 Å². The van der Waals surface area contributed by atoms with E-state index in [4.69, 9.17) is 11.6 Å². The fraction of sp³-hybridized carbons (Fsp3) is 0.533. The van der Waals surface area contributed by atoms with Crippen molar-refractivity contribution in [3.05, 3.63) is 29.8 Å². The summed E-state index contributed by atoms with van der Waals surface area (Å²) in [5, 5.41) is 0.0879. The third-order valence-corrected chi connectivity index (χ3v) is 5.81. The Labute approximate surface area is 123 Å². The number of fused-ring (bicyclic) bond motifs is 1. The zero-order chi connectivity index (χ0) is 13.2. The smallest absolute Gasteiger partial charge is 0.236 e. The molecule has 1 aromatic rings. The van der Waals surface area contributed by atoms with Gasteiger partial charge in [-0.3, -0.25) is 4.79 Å². The molecular weight excluding hydrogens is 278 g/mol. The molecule has 1 amide bonds. The van der Waals surface area contributed by atoms with Crippen molar-refractivity contribution in [2.45, 2.75) is 29.4 Å². The minimum absolute atomic E-state index is 0.0879. The van der Waals surface area contributed by atoms with Crippen molar-refractivity contribution in [3.8, 4) is 0 Å². The first-order chi connectivity index (χ1) is 9.28. The molecule has 0 spiro atoms. The summed E-state index contributed by atoms with van der Waals surface area (Å²) in [6.45, 7) is 1.76. The van der Waals surface area contributed by atoms with E-state index in [1.165, 1.54) is 10.5 Å². The van der Waals surface area contributed by atoms with Gasteiger partial charge in [-0.05, 0) is 36.8 Å². The van der Waals surface area contributed by atoms with Crippen molar-refractivity contribution in [2.75, 3.05) is 19.0 Å². The average molecular weight is 296 g/mol. The van der Waals surface area contributed by atoms with Crippen LogP contribution in [0, 0.1) is 5.92 Å². The van der Waals surface area contributed by atoms with Gasteiger partial charge in [0.2, 0.25) is 5.91 Å². The van der Waals surface area contributed by atoms with Crippen LogP contribution in [0.3, 0.4) is 0 Å². The van der Waals surface area contributed by atoms with Crippen molar-refractivity contribution in [1.82, 2.24) is 4.90 Å². The molecule has 1 saturated heterocycles. The Morgan fingerprint density at radius 1 is 1.32 bits per heavy atom. The van der Waals surface area contributed by atoms with Gasteiger partial charge in [0.05, 0.1) is 5.25 Å². The maximum atomic E-state index is 12.5. The Morgan fingerprint density at radius 3 is 2.74 bits per heavy atom. The quantitative estimate of drug-likeness (QED) is 0.781. The van der Waals surface area contributed by atoms with Crippen LogP contribution in [0.1, 0.15) is 18.4 Å². The van der Waals surface area contributed by atoms with Crippen LogP contribution < -0.4 is 0 Å². The van der Waals surface area contributed by atoms with Crippen LogP contribution in [-0.4, -0.2) is 35.0 Å². The topological polar surface area (TPSA) is 20.3 Å². The molecule has 0 bridgehead atoms. The molecule has 1 aromatic carbocycles. The van der Waals surface area contributed by atoms with Crippen molar-refractivity contribution >= 4 is 29.3 Å². The summed E-state index contributed by atoms with van der Waals surface area (Å²) < 4.78 is 0. The molecule has 19 heavy (non-hydrogen) atoms. The van der Waals surface area contributed by atoms with Crippen molar-refractivity contribution in [2.24, 2.45) is 5.92 Å². The van der Waals surface area contributed by atoms with E-state index < -0.39 is 0 Å². The molecule has 102 valence electrons. The zero-order valence-electron chi connectivity index (χ0n) is 10.8. The molecule has 4 heteroatoms. The van der Waals surface area contributed by atoms with E-state index in [1.54, 1.807) is 11.8 Å². The molecule has 0 saturated carbocycles. The molecule has 2 aliphatic rings. The number of rotatable bonds is 2. The lowest BCUT2D eigenvalue weighted by Gasteiger charge is -2.32. The largest absolute Gasteiger partial charge is 0.342 e. The van der Waals surface area contributed by atoms with E-state index in [0.717, 1.165) is 38.2 Å². The van der Waals surface area contributed by atoms with E-state index in [2.05, 4.69) is 18.2 Å². The number of thioether (sulfide) groups is 1. The Kier molecular flexibility index (Phi) is 4.04. The second kappa shape index (κ2) is 5.76. The molecule has 2 heterocycles. The number of likely N-dealkylation sites (tertiary alicyclic amines) is 1. The Morgan fingerprint density at radius 2 is 2.05 bits per heavy atom. The summed E-state index contributed by atoms with van der Waals surface area (Å²) in [6.07, 6.45) is 2.99. The van der Waals surface area contributed by atoms with E-state index in [-0.39, 0.29) is 5.25 Å². The van der Waals surface area contributed by atoms with Gasteiger partial charge < -0.3 is 4.90 Å². The van der Waals surface area contributed by atoms with Gasteiger partial charge in [0.15, 0.2) is 0 Å². The fourth-order valence-corrected chi connectivity index (χ4v) is 4.42. The Balaban J connectivity index is 1.61. The molecule has 0 aliphatic carbocycles. The van der Waals surface area contributed by atoms with Gasteiger partial charge in [-0.15, -0.1) is 23.4 Å². The zero-order valence-corrected chi connectivity index (χ0v) is 12.4. The lowest BCUT2D eigenvalue weighted by atomic mass is 9.98. The minimum Gasteiger partial charge on any atom is -0.342 e. The number of hydrogen-bond donors (Lipinski definition) is 0. The van der Waals surface area contributed by atoms with Crippen LogP contribution >= 0.6 is 23.4 Å². The maximum Gasteiger partial charge on any atom is 0.236 e. The summed E-state index contributed by atoms with van der Waals surface area (Å²) in [6, 6.07) is 8.35. The number of piperidine rings is 1. The number of carbonyl (C=O) groups is 1. The van der Waals surface area contributed by atoms with Crippen LogP contribution in [-0.2, 0) is 11.2 Å². The second-order valence-corrected chi connectivity index (χ2v) is 6.89. The Hall–Kier alpha value is -0.670. The van der Waals surface area contributed by atoms with Crippen molar-refractivity contribution in [1.29, 1.82) is 0 Å². The highest BCUT2D eigenvalue weighted by Crippen LogP contribution is 2.38. The van der Waals surface area contributed by atoms with Gasteiger partial charge in [-0.1, -0.05) is 18.2 Å². The lowest BCUT2D eigenvalue weighted by molar-refractivity contribution is -0.131. The number of alkyl halides is 1. The molecule has 0 radical (unpaired) electrons. The first-order valence-corrected chi connectivity index (χ1v) is 8.28. The second-order valence-electron chi connectivity index (χ2n) is 5.34. The number of amides is 1. The Bertz CT molecular complexity index is 446. The van der Waals surface area contributed by atoms with Crippen LogP contribution in [0.15, 0.2) is 29.2 Å². The molecule has 2 nitrogen and oxygen atoms in total. The molecule has 1 atom stereocenters. The minimum atomic E-state index is 0.0879. The van der Waals surface area contributed by atoms with Crippen molar-refractivity contribution < 1.29 is 4.79 Å². The van der Waals surface area contributed by atoms with E-state index in [9.17, 15) is 4.79 Å². The van der Waals surface area contributed by atoms with Crippen LogP contribution in [0.4, 0.5) is 0 Å². The first-order valence-electron chi connectivity index (χ1n) is 6.87. The molecule has 1 fully saturated rings. The molecule has 1 unspecified atom stereocenters. The molecular formula is C15H18ClNOS. The molecule has 3 rings (SSSR count). The molecule has 0 N–H and O–H groups in total. The number of hydrogen-bond acceptors (Lipinski definition) is 2. The van der Waals surface area contributed by atoms with Gasteiger partial charge >= 0.3 is 0 Å². The number of benzene rings is 1. The third-order valence-electron chi connectivity index (χ3n) is 4.07. The molecule has 2 aliphatic heterocycles. The van der Waals surface area contributed by atoms with E-state index >= 15 is 0 Å². The average Bonchev–Trinajstić information content (AvgIpc) is 2.90. The van der Waals surface area contributed by atoms with Gasteiger partial charge in [0.1, 0.15) is 0 Å². The van der Waals surface area contributed by atoms with E-state index in [0.29, 0.717) is 11.8 Å². The standard InChI is InChI=1S/C15H18ClNOS/c16-10-11-5-7-17(8-6-11)15(18)14-9-12-3-1-2-4-13(12)19-14/h1-4,11,14H,5-10H2. The van der Waals surface area contributed by atoms with Gasteiger partial charge in [-0.25, -0.2) is 0 Å². The van der Waals surface area contributed by atoms with Crippen molar-refractivity contribution in [3.63, 3.8) is 0 Å². The fourth-order valence-electron chi connectivity index (χ4n) is 2.83.